The van der Waals surface area contributed by atoms with Gasteiger partial charge >= 0.3 is 5.97 Å². The molecule has 0 aliphatic carbocycles. The molecule has 5 aromatic rings. The van der Waals surface area contributed by atoms with Crippen molar-refractivity contribution in [3.05, 3.63) is 136 Å². The van der Waals surface area contributed by atoms with Crippen molar-refractivity contribution in [3.8, 4) is 11.5 Å². The maximum absolute atomic E-state index is 13.8. The summed E-state index contributed by atoms with van der Waals surface area (Å²) in [5.41, 5.74) is 2.23. The van der Waals surface area contributed by atoms with E-state index in [0.29, 0.717) is 44.5 Å². The van der Waals surface area contributed by atoms with E-state index in [1.165, 1.54) is 39.2 Å². The predicted molar refractivity (Wildman–Crippen MR) is 215 cm³/mol. The highest BCUT2D eigenvalue weighted by atomic mass is 32.2. The van der Waals surface area contributed by atoms with Crippen molar-refractivity contribution in [3.63, 3.8) is 0 Å². The molecule has 0 spiro atoms. The molecule has 1 unspecified atom stereocenters. The van der Waals surface area contributed by atoms with Gasteiger partial charge < -0.3 is 35.5 Å². The molecule has 55 heavy (non-hydrogen) atoms. The number of thioether (sulfide) groups is 1. The third-order valence-corrected chi connectivity index (χ3v) is 10.4. The lowest BCUT2D eigenvalue weighted by Crippen LogP contribution is -2.30. The van der Waals surface area contributed by atoms with Crippen molar-refractivity contribution < 1.29 is 38.2 Å². The summed E-state index contributed by atoms with van der Waals surface area (Å²) >= 11 is 2.19. The number of ether oxygens (including phenoxy) is 3. The number of amides is 4. The summed E-state index contributed by atoms with van der Waals surface area (Å²) in [6, 6.07) is 29.3. The van der Waals surface area contributed by atoms with Crippen LogP contribution in [0, 0.1) is 6.92 Å². The van der Waals surface area contributed by atoms with Gasteiger partial charge in [0.2, 0.25) is 5.91 Å². The average Bonchev–Trinajstić information content (AvgIpc) is 3.52. The number of hydrogen-bond acceptors (Lipinski definition) is 10. The van der Waals surface area contributed by atoms with Gasteiger partial charge in [0.25, 0.3) is 17.7 Å². The fourth-order valence-electron chi connectivity index (χ4n) is 5.24. The molecule has 0 saturated heterocycles. The molecule has 12 nitrogen and oxygen atoms in total. The number of benzene rings is 4. The summed E-state index contributed by atoms with van der Waals surface area (Å²) in [6.45, 7) is 3.31. The minimum atomic E-state index is -0.690. The van der Waals surface area contributed by atoms with Crippen LogP contribution in [0.3, 0.4) is 0 Å². The zero-order valence-corrected chi connectivity index (χ0v) is 32.2. The molecule has 5 rings (SSSR count). The molecular weight excluding hydrogens is 741 g/mol. The van der Waals surface area contributed by atoms with Crippen LogP contribution >= 0.6 is 23.1 Å². The van der Waals surface area contributed by atoms with Gasteiger partial charge in [0.15, 0.2) is 0 Å². The van der Waals surface area contributed by atoms with Crippen LogP contribution in [0.2, 0.25) is 0 Å². The topological polar surface area (TPSA) is 161 Å². The number of rotatable bonds is 14. The Hall–Kier alpha value is -6.38. The molecule has 1 heterocycles. The number of esters is 1. The van der Waals surface area contributed by atoms with Crippen LogP contribution in [-0.2, 0) is 14.3 Å². The highest BCUT2D eigenvalue weighted by Gasteiger charge is 2.28. The lowest BCUT2D eigenvalue weighted by Gasteiger charge is -2.15. The Bertz CT molecular complexity index is 2240. The van der Waals surface area contributed by atoms with Crippen molar-refractivity contribution in [1.29, 1.82) is 0 Å². The van der Waals surface area contributed by atoms with Crippen LogP contribution in [0.4, 0.5) is 16.4 Å². The quantitative estimate of drug-likeness (QED) is 0.0505. The second kappa shape index (κ2) is 18.6. The molecule has 4 amide bonds. The molecule has 0 fully saturated rings. The Morgan fingerprint density at radius 3 is 2.11 bits per heavy atom. The van der Waals surface area contributed by atoms with Crippen LogP contribution in [0.5, 0.6) is 11.5 Å². The van der Waals surface area contributed by atoms with Crippen molar-refractivity contribution in [1.82, 2.24) is 5.32 Å². The summed E-state index contributed by atoms with van der Waals surface area (Å²) in [6.07, 6.45) is 1.49. The molecule has 14 heteroatoms. The van der Waals surface area contributed by atoms with Gasteiger partial charge in [-0.25, -0.2) is 4.79 Å². The van der Waals surface area contributed by atoms with Crippen molar-refractivity contribution in [2.75, 3.05) is 37.3 Å². The van der Waals surface area contributed by atoms with E-state index >= 15 is 0 Å². The lowest BCUT2D eigenvalue weighted by atomic mass is 10.1. The molecule has 0 aliphatic rings. The number of carbonyl (C=O) groups excluding carboxylic acids is 5. The standard InChI is InChI=1S/C41H38N4O8S2/c1-24-34(41(50)53-5)40(55-35(24)39(49)42-28-15-10-7-11-16-28)45-36(46)25(2)54-31-18-12-17-29(23-31)43-38(48)32(44-37(47)26-13-8-6-9-14-26)22-27-21-30(51-3)19-20-33(27)52-4/h6-23,25H,1-5H3,(H,42,49)(H,43,48)(H,44,47)(H,45,46)/b32-22+. The van der Waals surface area contributed by atoms with Crippen molar-refractivity contribution in [2.24, 2.45) is 0 Å². The first-order valence-electron chi connectivity index (χ1n) is 16.8. The zero-order valence-electron chi connectivity index (χ0n) is 30.6. The third-order valence-electron chi connectivity index (χ3n) is 8.05. The summed E-state index contributed by atoms with van der Waals surface area (Å²) < 4.78 is 15.8. The van der Waals surface area contributed by atoms with E-state index < -0.39 is 34.8 Å². The van der Waals surface area contributed by atoms with E-state index in [1.807, 2.05) is 6.07 Å². The van der Waals surface area contributed by atoms with Crippen LogP contribution in [-0.4, -0.2) is 56.2 Å². The van der Waals surface area contributed by atoms with Gasteiger partial charge in [-0.3, -0.25) is 19.2 Å². The molecule has 0 aliphatic heterocycles. The van der Waals surface area contributed by atoms with Gasteiger partial charge in [-0.05, 0) is 86.2 Å². The molecule has 0 saturated carbocycles. The largest absolute Gasteiger partial charge is 0.497 e. The highest BCUT2D eigenvalue weighted by molar-refractivity contribution is 8.00. The maximum Gasteiger partial charge on any atom is 0.341 e. The molecular formula is C41H38N4O8S2. The van der Waals surface area contributed by atoms with Crippen molar-refractivity contribution in [2.45, 2.75) is 24.0 Å². The number of para-hydroxylation sites is 1. The monoisotopic (exact) mass is 778 g/mol. The van der Waals surface area contributed by atoms with Crippen LogP contribution in [0.15, 0.2) is 114 Å². The van der Waals surface area contributed by atoms with E-state index in [2.05, 4.69) is 21.3 Å². The first-order valence-corrected chi connectivity index (χ1v) is 18.5. The minimum Gasteiger partial charge on any atom is -0.497 e. The van der Waals surface area contributed by atoms with Gasteiger partial charge in [0.05, 0.1) is 37.0 Å². The second-order valence-electron chi connectivity index (χ2n) is 11.8. The molecule has 1 atom stereocenters. The summed E-state index contributed by atoms with van der Waals surface area (Å²) in [4.78, 5) is 67.3. The molecule has 0 bridgehead atoms. The van der Waals surface area contributed by atoms with Crippen molar-refractivity contribution >= 4 is 75.1 Å². The fourth-order valence-corrected chi connectivity index (χ4v) is 7.26. The van der Waals surface area contributed by atoms with E-state index in [9.17, 15) is 24.0 Å². The molecule has 4 aromatic carbocycles. The normalized spacial score (nSPS) is 11.5. The van der Waals surface area contributed by atoms with E-state index in [4.69, 9.17) is 14.2 Å². The number of hydrogen-bond donors (Lipinski definition) is 4. The average molecular weight is 779 g/mol. The Morgan fingerprint density at radius 2 is 1.44 bits per heavy atom. The lowest BCUT2D eigenvalue weighted by molar-refractivity contribution is -0.115. The van der Waals surface area contributed by atoms with Gasteiger partial charge in [-0.1, -0.05) is 42.5 Å². The van der Waals surface area contributed by atoms with Crippen LogP contribution < -0.4 is 30.7 Å². The summed E-state index contributed by atoms with van der Waals surface area (Å²) in [5, 5.41) is 10.7. The SMILES string of the molecule is COC(=O)c1c(NC(=O)C(C)Sc2cccc(NC(=O)/C(=C\c3cc(OC)ccc3OC)NC(=O)c3ccccc3)c2)sc(C(=O)Nc2ccccc2)c1C. The Morgan fingerprint density at radius 1 is 0.745 bits per heavy atom. The third kappa shape index (κ3) is 10.2. The smallest absolute Gasteiger partial charge is 0.341 e. The Labute approximate surface area is 326 Å². The number of methoxy groups -OCH3 is 3. The van der Waals surface area contributed by atoms with E-state index in [-0.39, 0.29) is 21.1 Å². The maximum atomic E-state index is 13.8. The molecule has 0 radical (unpaired) electrons. The molecule has 4 N–H and O–H groups in total. The second-order valence-corrected chi connectivity index (χ2v) is 14.2. The van der Waals surface area contributed by atoms with Crippen LogP contribution in [0.25, 0.3) is 6.08 Å². The van der Waals surface area contributed by atoms with Gasteiger partial charge in [-0.2, -0.15) is 0 Å². The number of carbonyl (C=O) groups is 5. The molecule has 282 valence electrons. The first-order chi connectivity index (χ1) is 26.5. The Kier molecular flexibility index (Phi) is 13.5. The molecule has 1 aromatic heterocycles. The number of thiophene rings is 1. The van der Waals surface area contributed by atoms with Crippen LogP contribution in [0.1, 0.15) is 48.4 Å². The highest BCUT2D eigenvalue weighted by Crippen LogP contribution is 2.36. The predicted octanol–water partition coefficient (Wildman–Crippen LogP) is 7.64. The summed E-state index contributed by atoms with van der Waals surface area (Å²) in [5.74, 6) is -1.68. The first kappa shape index (κ1) is 39.8. The van der Waals surface area contributed by atoms with E-state index in [1.54, 1.807) is 111 Å². The Balaban J connectivity index is 1.33. The number of anilines is 3. The van der Waals surface area contributed by atoms with Gasteiger partial charge in [0.1, 0.15) is 22.2 Å². The number of nitrogens with one attached hydrogen (secondary N) is 4. The minimum absolute atomic E-state index is 0.0596. The fraction of sp³-hybridized carbons (Fsp3) is 0.146. The van der Waals surface area contributed by atoms with Gasteiger partial charge in [0, 0.05) is 27.4 Å². The zero-order chi connectivity index (χ0) is 39.5. The van der Waals surface area contributed by atoms with E-state index in [0.717, 1.165) is 11.3 Å². The van der Waals surface area contributed by atoms with Gasteiger partial charge in [-0.15, -0.1) is 23.1 Å². The summed E-state index contributed by atoms with van der Waals surface area (Å²) in [7, 11) is 4.24.